The Balaban J connectivity index is 1.53. The number of halogens is 2. The maximum atomic E-state index is 13.6. The van der Waals surface area contributed by atoms with Gasteiger partial charge in [-0.3, -0.25) is 9.59 Å². The predicted molar refractivity (Wildman–Crippen MR) is 92.3 cm³/mol. The number of thiophene rings is 1. The quantitative estimate of drug-likeness (QED) is 0.903. The topological polar surface area (TPSA) is 49.4 Å². The van der Waals surface area contributed by atoms with E-state index in [4.69, 9.17) is 0 Å². The van der Waals surface area contributed by atoms with Crippen molar-refractivity contribution < 1.29 is 18.4 Å². The third kappa shape index (κ3) is 4.22. The van der Waals surface area contributed by atoms with Gasteiger partial charge in [-0.25, -0.2) is 8.78 Å². The summed E-state index contributed by atoms with van der Waals surface area (Å²) >= 11 is 1.54. The Bertz CT molecular complexity index is 736. The average Bonchev–Trinajstić information content (AvgIpc) is 3.11. The molecule has 132 valence electrons. The molecule has 4 nitrogen and oxygen atoms in total. The number of nitrogens with zero attached hydrogens (tertiary/aromatic N) is 1. The fourth-order valence-electron chi connectivity index (χ4n) is 2.91. The minimum absolute atomic E-state index is 0.0430. The molecule has 1 aromatic carbocycles. The molecule has 0 saturated carbocycles. The van der Waals surface area contributed by atoms with Gasteiger partial charge in [-0.2, -0.15) is 0 Å². The Morgan fingerprint density at radius 3 is 2.40 bits per heavy atom. The van der Waals surface area contributed by atoms with Crippen molar-refractivity contribution in [3.63, 3.8) is 0 Å². The molecule has 0 radical (unpaired) electrons. The highest BCUT2D eigenvalue weighted by atomic mass is 32.1. The van der Waals surface area contributed by atoms with Crippen LogP contribution < -0.4 is 5.32 Å². The van der Waals surface area contributed by atoms with Gasteiger partial charge in [-0.05, 0) is 36.4 Å². The van der Waals surface area contributed by atoms with Crippen molar-refractivity contribution in [1.29, 1.82) is 0 Å². The zero-order valence-electron chi connectivity index (χ0n) is 13.5. The fraction of sp³-hybridized carbons (Fsp3) is 0.333. The Morgan fingerprint density at radius 1 is 1.12 bits per heavy atom. The number of rotatable bonds is 4. The minimum atomic E-state index is -0.795. The molecule has 1 aliphatic heterocycles. The Hall–Kier alpha value is -2.28. The molecule has 0 spiro atoms. The molecule has 1 saturated heterocycles. The van der Waals surface area contributed by atoms with Crippen LogP contribution in [0.15, 0.2) is 35.7 Å². The smallest absolute Gasteiger partial charge is 0.227 e. The van der Waals surface area contributed by atoms with Crippen molar-refractivity contribution in [2.75, 3.05) is 18.4 Å². The van der Waals surface area contributed by atoms with Gasteiger partial charge in [0.25, 0.3) is 0 Å². The molecule has 3 rings (SSSR count). The van der Waals surface area contributed by atoms with E-state index >= 15 is 0 Å². The van der Waals surface area contributed by atoms with E-state index in [1.54, 1.807) is 16.2 Å². The SMILES string of the molecule is O=C(Nc1c(F)cccc1F)C1CCN(C(=O)Cc2cccs2)CC1. The molecule has 0 unspecified atom stereocenters. The van der Waals surface area contributed by atoms with Crippen LogP contribution in [0.4, 0.5) is 14.5 Å². The molecular formula is C18H18F2N2O2S. The monoisotopic (exact) mass is 364 g/mol. The largest absolute Gasteiger partial charge is 0.342 e. The van der Waals surface area contributed by atoms with Crippen molar-refractivity contribution in [2.24, 2.45) is 5.92 Å². The van der Waals surface area contributed by atoms with Crippen LogP contribution in [0.1, 0.15) is 17.7 Å². The molecule has 0 atom stereocenters. The van der Waals surface area contributed by atoms with Crippen LogP contribution in [0.3, 0.4) is 0 Å². The van der Waals surface area contributed by atoms with Gasteiger partial charge in [0.05, 0.1) is 6.42 Å². The van der Waals surface area contributed by atoms with E-state index in [1.807, 2.05) is 17.5 Å². The van der Waals surface area contributed by atoms with E-state index in [1.165, 1.54) is 6.07 Å². The Labute approximate surface area is 148 Å². The van der Waals surface area contributed by atoms with Crippen LogP contribution in [0, 0.1) is 17.6 Å². The van der Waals surface area contributed by atoms with Gasteiger partial charge in [-0.15, -0.1) is 11.3 Å². The summed E-state index contributed by atoms with van der Waals surface area (Å²) in [5.41, 5.74) is -0.413. The van der Waals surface area contributed by atoms with Crippen molar-refractivity contribution in [3.05, 3.63) is 52.2 Å². The molecule has 1 fully saturated rings. The standard InChI is InChI=1S/C18H18F2N2O2S/c19-14-4-1-5-15(20)17(14)21-18(24)12-6-8-22(9-7-12)16(23)11-13-3-2-10-25-13/h1-5,10,12H,6-9,11H2,(H,21,24). The summed E-state index contributed by atoms with van der Waals surface area (Å²) in [6, 6.07) is 7.28. The van der Waals surface area contributed by atoms with Crippen LogP contribution >= 0.6 is 11.3 Å². The highest BCUT2D eigenvalue weighted by Crippen LogP contribution is 2.23. The maximum absolute atomic E-state index is 13.6. The first-order valence-electron chi connectivity index (χ1n) is 8.09. The molecular weight excluding hydrogens is 346 g/mol. The highest BCUT2D eigenvalue weighted by Gasteiger charge is 2.28. The molecule has 1 aliphatic rings. The van der Waals surface area contributed by atoms with Gasteiger partial charge in [0.15, 0.2) is 0 Å². The molecule has 2 aromatic rings. The average molecular weight is 364 g/mol. The molecule has 2 heterocycles. The van der Waals surface area contributed by atoms with Gasteiger partial charge < -0.3 is 10.2 Å². The first kappa shape index (κ1) is 17.5. The second-order valence-corrected chi connectivity index (χ2v) is 7.03. The Kier molecular flexibility index (Phi) is 5.43. The van der Waals surface area contributed by atoms with E-state index in [0.717, 1.165) is 17.0 Å². The first-order chi connectivity index (χ1) is 12.0. The van der Waals surface area contributed by atoms with Gasteiger partial charge in [0.1, 0.15) is 17.3 Å². The summed E-state index contributed by atoms with van der Waals surface area (Å²) < 4.78 is 27.2. The summed E-state index contributed by atoms with van der Waals surface area (Å²) in [7, 11) is 0. The molecule has 0 bridgehead atoms. The number of anilines is 1. The number of nitrogens with one attached hydrogen (secondary N) is 1. The van der Waals surface area contributed by atoms with Crippen LogP contribution in [0.2, 0.25) is 0 Å². The number of likely N-dealkylation sites (tertiary alicyclic amines) is 1. The number of hydrogen-bond acceptors (Lipinski definition) is 3. The number of carbonyl (C=O) groups excluding carboxylic acids is 2. The fourth-order valence-corrected chi connectivity index (χ4v) is 3.60. The first-order valence-corrected chi connectivity index (χ1v) is 8.97. The van der Waals surface area contributed by atoms with Crippen LogP contribution in [-0.2, 0) is 16.0 Å². The minimum Gasteiger partial charge on any atom is -0.342 e. The number of hydrogen-bond donors (Lipinski definition) is 1. The summed E-state index contributed by atoms with van der Waals surface area (Å²) in [4.78, 5) is 27.3. The van der Waals surface area contributed by atoms with E-state index in [0.29, 0.717) is 32.4 Å². The van der Waals surface area contributed by atoms with Crippen molar-refractivity contribution in [3.8, 4) is 0 Å². The summed E-state index contributed by atoms with van der Waals surface area (Å²) in [6.45, 7) is 0.949. The van der Waals surface area contributed by atoms with Crippen LogP contribution in [0.25, 0.3) is 0 Å². The molecule has 0 aliphatic carbocycles. The summed E-state index contributed by atoms with van der Waals surface area (Å²) in [5, 5.41) is 4.27. The molecule has 2 amide bonds. The number of piperidine rings is 1. The molecule has 7 heteroatoms. The normalized spacial score (nSPS) is 15.2. The van der Waals surface area contributed by atoms with Gasteiger partial charge in [0.2, 0.25) is 11.8 Å². The van der Waals surface area contributed by atoms with Crippen LogP contribution in [0.5, 0.6) is 0 Å². The van der Waals surface area contributed by atoms with Crippen molar-refractivity contribution in [1.82, 2.24) is 4.90 Å². The summed E-state index contributed by atoms with van der Waals surface area (Å²) in [5.74, 6) is -2.31. The second-order valence-electron chi connectivity index (χ2n) is 6.00. The number of amides is 2. The third-order valence-corrected chi connectivity index (χ3v) is 5.21. The second kappa shape index (κ2) is 7.74. The Morgan fingerprint density at radius 2 is 1.80 bits per heavy atom. The molecule has 25 heavy (non-hydrogen) atoms. The lowest BCUT2D eigenvalue weighted by molar-refractivity contribution is -0.133. The number of benzene rings is 1. The third-order valence-electron chi connectivity index (χ3n) is 4.33. The molecule has 1 aromatic heterocycles. The number of carbonyl (C=O) groups is 2. The van der Waals surface area contributed by atoms with E-state index in [9.17, 15) is 18.4 Å². The van der Waals surface area contributed by atoms with Gasteiger partial charge >= 0.3 is 0 Å². The lowest BCUT2D eigenvalue weighted by Gasteiger charge is -2.31. The van der Waals surface area contributed by atoms with Crippen LogP contribution in [-0.4, -0.2) is 29.8 Å². The van der Waals surface area contributed by atoms with Gasteiger partial charge in [0, 0.05) is 23.9 Å². The molecule has 1 N–H and O–H groups in total. The van der Waals surface area contributed by atoms with E-state index in [-0.39, 0.29) is 11.8 Å². The lowest BCUT2D eigenvalue weighted by atomic mass is 9.95. The highest BCUT2D eigenvalue weighted by molar-refractivity contribution is 7.10. The maximum Gasteiger partial charge on any atom is 0.227 e. The summed E-state index contributed by atoms with van der Waals surface area (Å²) in [6.07, 6.45) is 1.34. The number of para-hydroxylation sites is 1. The zero-order chi connectivity index (χ0) is 17.8. The predicted octanol–water partition coefficient (Wildman–Crippen LogP) is 3.45. The van der Waals surface area contributed by atoms with E-state index < -0.39 is 23.2 Å². The van der Waals surface area contributed by atoms with Gasteiger partial charge in [-0.1, -0.05) is 12.1 Å². The lowest BCUT2D eigenvalue weighted by Crippen LogP contribution is -2.42. The van der Waals surface area contributed by atoms with Crippen molar-refractivity contribution >= 4 is 28.8 Å². The zero-order valence-corrected chi connectivity index (χ0v) is 14.3. The van der Waals surface area contributed by atoms with Crippen molar-refractivity contribution in [2.45, 2.75) is 19.3 Å². The van der Waals surface area contributed by atoms with E-state index in [2.05, 4.69) is 5.32 Å².